The monoisotopic (exact) mass is 454 g/mol. The topological polar surface area (TPSA) is 108 Å². The van der Waals surface area contributed by atoms with E-state index in [0.717, 1.165) is 29.7 Å². The molecular formula is C24H27ClN4O3. The van der Waals surface area contributed by atoms with Gasteiger partial charge in [0.1, 0.15) is 5.82 Å². The summed E-state index contributed by atoms with van der Waals surface area (Å²) < 4.78 is 2.07. The number of nitrogens with one attached hydrogen (secondary N) is 2. The molecule has 0 aliphatic heterocycles. The normalized spacial score (nSPS) is 11.9. The number of hydrogen-bond acceptors (Lipinski definition) is 4. The summed E-state index contributed by atoms with van der Waals surface area (Å²) in [5, 5.41) is 20.2. The number of benzene rings is 2. The van der Waals surface area contributed by atoms with E-state index >= 15 is 0 Å². The zero-order valence-electron chi connectivity index (χ0n) is 18.0. The molecule has 1 heterocycles. The Kier molecular flexibility index (Phi) is 8.00. The Morgan fingerprint density at radius 3 is 2.50 bits per heavy atom. The Hall–Kier alpha value is -3.19. The second-order valence-corrected chi connectivity index (χ2v) is 7.83. The minimum atomic E-state index is -1.15. The van der Waals surface area contributed by atoms with Gasteiger partial charge in [-0.25, -0.2) is 9.78 Å². The van der Waals surface area contributed by atoms with Gasteiger partial charge in [-0.1, -0.05) is 30.7 Å². The van der Waals surface area contributed by atoms with Crippen LogP contribution in [0.2, 0.25) is 0 Å². The molecule has 0 unspecified atom stereocenters. The van der Waals surface area contributed by atoms with Crippen LogP contribution in [0.1, 0.15) is 65.2 Å². The molecule has 3 N–H and O–H groups in total. The molecule has 0 fully saturated rings. The minimum Gasteiger partial charge on any atom is -0.478 e. The number of carboxylic acid groups (broad SMARTS) is 1. The quantitative estimate of drug-likeness (QED) is 0.214. The van der Waals surface area contributed by atoms with E-state index in [1.165, 1.54) is 12.1 Å². The van der Waals surface area contributed by atoms with Crippen molar-refractivity contribution in [3.63, 3.8) is 0 Å². The smallest absolute Gasteiger partial charge is 0.336 e. The molecule has 0 radical (unpaired) electrons. The molecule has 0 aliphatic carbocycles. The second kappa shape index (κ2) is 10.9. The van der Waals surface area contributed by atoms with Gasteiger partial charge in [0.25, 0.3) is 5.91 Å². The van der Waals surface area contributed by atoms with E-state index in [2.05, 4.69) is 9.88 Å². The van der Waals surface area contributed by atoms with Crippen LogP contribution in [0.5, 0.6) is 0 Å². The van der Waals surface area contributed by atoms with Gasteiger partial charge in [0.2, 0.25) is 0 Å². The van der Waals surface area contributed by atoms with Crippen LogP contribution in [0, 0.1) is 5.41 Å². The fraction of sp³-hybridized carbons (Fsp3) is 0.333. The molecule has 1 atom stereocenters. The van der Waals surface area contributed by atoms with Gasteiger partial charge < -0.3 is 20.4 Å². The lowest BCUT2D eigenvalue weighted by Gasteiger charge is -2.20. The average Bonchev–Trinajstić information content (AvgIpc) is 3.19. The number of carbonyl (C=O) groups is 2. The summed E-state index contributed by atoms with van der Waals surface area (Å²) in [6.45, 7) is 2.71. The number of para-hydroxylation sites is 2. The number of rotatable bonds is 11. The molecule has 168 valence electrons. The number of carboxylic acids is 1. The van der Waals surface area contributed by atoms with Gasteiger partial charge in [-0.15, -0.1) is 11.6 Å². The number of aromatic nitrogens is 2. The van der Waals surface area contributed by atoms with Crippen molar-refractivity contribution in [2.24, 2.45) is 0 Å². The first-order chi connectivity index (χ1) is 15.5. The molecule has 32 heavy (non-hydrogen) atoms. The Bertz CT molecular complexity index is 1130. The number of nitrogens with zero attached hydrogens (tertiary/aromatic N) is 2. The third kappa shape index (κ3) is 5.34. The highest BCUT2D eigenvalue weighted by molar-refractivity contribution is 6.28. The Labute approximate surface area is 191 Å². The second-order valence-electron chi connectivity index (χ2n) is 7.56. The highest BCUT2D eigenvalue weighted by Gasteiger charge is 2.24. The number of alkyl halides is 1. The fourth-order valence-electron chi connectivity index (χ4n) is 3.82. The van der Waals surface area contributed by atoms with Crippen LogP contribution in [0.15, 0.2) is 48.5 Å². The maximum absolute atomic E-state index is 13.1. The maximum atomic E-state index is 13.1. The minimum absolute atomic E-state index is 0.0386. The lowest BCUT2D eigenvalue weighted by atomic mass is 10.0. The van der Waals surface area contributed by atoms with Crippen molar-refractivity contribution in [3.8, 4) is 0 Å². The van der Waals surface area contributed by atoms with Crippen molar-refractivity contribution >= 4 is 40.2 Å². The third-order valence-electron chi connectivity index (χ3n) is 5.40. The van der Waals surface area contributed by atoms with Crippen molar-refractivity contribution in [2.75, 3.05) is 5.88 Å². The predicted molar refractivity (Wildman–Crippen MR) is 126 cm³/mol. The molecule has 0 aliphatic rings. The molecule has 0 spiro atoms. The molecule has 3 aromatic rings. The fourth-order valence-corrected chi connectivity index (χ4v) is 3.95. The number of unbranched alkanes of at least 4 members (excludes halogenated alkanes) is 1. The summed E-state index contributed by atoms with van der Waals surface area (Å²) in [6.07, 6.45) is 2.75. The van der Waals surface area contributed by atoms with Gasteiger partial charge >= 0.3 is 5.97 Å². The van der Waals surface area contributed by atoms with Crippen molar-refractivity contribution in [1.29, 1.82) is 5.41 Å². The molecule has 0 saturated carbocycles. The van der Waals surface area contributed by atoms with Crippen LogP contribution in [-0.2, 0) is 6.54 Å². The first kappa shape index (κ1) is 23.5. The number of carbonyl (C=O) groups excluding carboxylic acids is 1. The molecule has 0 bridgehead atoms. The van der Waals surface area contributed by atoms with Crippen molar-refractivity contribution in [1.82, 2.24) is 14.9 Å². The van der Waals surface area contributed by atoms with Gasteiger partial charge in [0.15, 0.2) is 0 Å². The van der Waals surface area contributed by atoms with E-state index in [9.17, 15) is 14.7 Å². The van der Waals surface area contributed by atoms with Crippen LogP contribution >= 0.6 is 11.6 Å². The van der Waals surface area contributed by atoms with E-state index < -0.39 is 17.9 Å². The molecule has 2 aromatic carbocycles. The lowest BCUT2D eigenvalue weighted by Crippen LogP contribution is -2.31. The molecule has 7 nitrogen and oxygen atoms in total. The lowest BCUT2D eigenvalue weighted by molar-refractivity contribution is 0.0690. The van der Waals surface area contributed by atoms with E-state index in [0.29, 0.717) is 25.1 Å². The SMILES string of the molecule is CCn1c([C@H](CCCCC(=N)CCl)NC(=O)c2ccccc2C(=O)O)nc2ccccc21. The number of fused-ring (bicyclic) bond motifs is 1. The van der Waals surface area contributed by atoms with E-state index in [-0.39, 0.29) is 17.0 Å². The zero-order chi connectivity index (χ0) is 23.1. The summed E-state index contributed by atoms with van der Waals surface area (Å²) >= 11 is 5.71. The summed E-state index contributed by atoms with van der Waals surface area (Å²) in [6, 6.07) is 13.6. The Balaban J connectivity index is 1.90. The van der Waals surface area contributed by atoms with Crippen LogP contribution in [0.3, 0.4) is 0 Å². The highest BCUT2D eigenvalue weighted by Crippen LogP contribution is 2.25. The number of amides is 1. The van der Waals surface area contributed by atoms with E-state index in [4.69, 9.17) is 22.0 Å². The largest absolute Gasteiger partial charge is 0.478 e. The Morgan fingerprint density at radius 2 is 1.81 bits per heavy atom. The molecular weight excluding hydrogens is 428 g/mol. The summed E-state index contributed by atoms with van der Waals surface area (Å²) in [7, 11) is 0. The number of imidazole rings is 1. The summed E-state index contributed by atoms with van der Waals surface area (Å²) in [5.74, 6) is -0.635. The highest BCUT2D eigenvalue weighted by atomic mass is 35.5. The van der Waals surface area contributed by atoms with Crippen LogP contribution < -0.4 is 5.32 Å². The Morgan fingerprint density at radius 1 is 1.12 bits per heavy atom. The van der Waals surface area contributed by atoms with Gasteiger partial charge in [0.05, 0.1) is 34.1 Å². The van der Waals surface area contributed by atoms with Gasteiger partial charge in [-0.05, 0) is 50.5 Å². The zero-order valence-corrected chi connectivity index (χ0v) is 18.7. The van der Waals surface area contributed by atoms with Gasteiger partial charge in [-0.2, -0.15) is 0 Å². The standard InChI is InChI=1S/C24H27ClN4O3/c1-2-29-21-14-8-7-12-19(21)27-22(29)20(13-6-3-9-16(26)15-25)28-23(30)17-10-4-5-11-18(17)24(31)32/h4-5,7-8,10-12,14,20,26H,2-3,6,9,13,15H2,1H3,(H,28,30)(H,31,32)/t20-/m0/s1. The third-order valence-corrected chi connectivity index (χ3v) is 5.72. The number of aryl methyl sites for hydroxylation is 1. The molecule has 1 aromatic heterocycles. The first-order valence-corrected chi connectivity index (χ1v) is 11.2. The van der Waals surface area contributed by atoms with Crippen molar-refractivity contribution < 1.29 is 14.7 Å². The molecule has 0 saturated heterocycles. The summed E-state index contributed by atoms with van der Waals surface area (Å²) in [4.78, 5) is 29.5. The van der Waals surface area contributed by atoms with Crippen LogP contribution in [0.4, 0.5) is 0 Å². The van der Waals surface area contributed by atoms with Crippen LogP contribution in [-0.4, -0.2) is 38.1 Å². The first-order valence-electron chi connectivity index (χ1n) is 10.7. The van der Waals surface area contributed by atoms with E-state index in [1.807, 2.05) is 31.2 Å². The van der Waals surface area contributed by atoms with Gasteiger partial charge in [-0.3, -0.25) is 4.79 Å². The van der Waals surface area contributed by atoms with Gasteiger partial charge in [0, 0.05) is 12.3 Å². The molecule has 1 amide bonds. The maximum Gasteiger partial charge on any atom is 0.336 e. The summed E-state index contributed by atoms with van der Waals surface area (Å²) in [5.41, 5.74) is 2.40. The van der Waals surface area contributed by atoms with Crippen molar-refractivity contribution in [2.45, 2.75) is 45.2 Å². The molecule has 8 heteroatoms. The number of hydrogen-bond donors (Lipinski definition) is 3. The van der Waals surface area contributed by atoms with E-state index in [1.54, 1.807) is 12.1 Å². The molecule has 3 rings (SSSR count). The predicted octanol–water partition coefficient (Wildman–Crippen LogP) is 5.04. The number of halogens is 1. The van der Waals surface area contributed by atoms with Crippen LogP contribution in [0.25, 0.3) is 11.0 Å². The van der Waals surface area contributed by atoms with Crippen molar-refractivity contribution in [3.05, 3.63) is 65.5 Å². The number of aromatic carboxylic acids is 1. The average molecular weight is 455 g/mol.